The minimum absolute atomic E-state index is 0.752. The molecule has 1 aromatic carbocycles. The molecule has 0 saturated carbocycles. The number of para-hydroxylation sites is 1. The van der Waals surface area contributed by atoms with Gasteiger partial charge in [0.05, 0.1) is 6.20 Å². The summed E-state index contributed by atoms with van der Waals surface area (Å²) in [6.07, 6.45) is 5.14. The molecule has 4 nitrogen and oxygen atoms in total. The lowest BCUT2D eigenvalue weighted by Gasteiger charge is -2.22. The van der Waals surface area contributed by atoms with Gasteiger partial charge >= 0.3 is 0 Å². The van der Waals surface area contributed by atoms with Crippen molar-refractivity contribution in [3.63, 3.8) is 0 Å². The Labute approximate surface area is 101 Å². The molecule has 0 fully saturated rings. The van der Waals surface area contributed by atoms with Gasteiger partial charge in [0.25, 0.3) is 0 Å². The summed E-state index contributed by atoms with van der Waals surface area (Å²) in [6, 6.07) is 7.89. The third-order valence-corrected chi connectivity index (χ3v) is 2.67. The molecule has 0 unspecified atom stereocenters. The first-order chi connectivity index (χ1) is 8.31. The lowest BCUT2D eigenvalue weighted by atomic mass is 10.1. The Kier molecular flexibility index (Phi) is 3.55. The van der Waals surface area contributed by atoms with Crippen LogP contribution in [0.25, 0.3) is 0 Å². The first-order valence-corrected chi connectivity index (χ1v) is 5.65. The van der Waals surface area contributed by atoms with Crippen LogP contribution < -0.4 is 10.6 Å². The van der Waals surface area contributed by atoms with Crippen LogP contribution in [0.15, 0.2) is 42.9 Å². The first kappa shape index (κ1) is 11.4. The van der Waals surface area contributed by atoms with E-state index in [0.29, 0.717) is 0 Å². The van der Waals surface area contributed by atoms with Crippen LogP contribution in [0.2, 0.25) is 0 Å². The summed E-state index contributed by atoms with van der Waals surface area (Å²) in [5.74, 6) is 0.873. The van der Waals surface area contributed by atoms with E-state index in [9.17, 15) is 0 Å². The predicted octanol–water partition coefficient (Wildman–Crippen LogP) is 2.09. The van der Waals surface area contributed by atoms with Crippen molar-refractivity contribution in [3.05, 3.63) is 48.4 Å². The van der Waals surface area contributed by atoms with E-state index in [1.807, 2.05) is 24.3 Å². The first-order valence-electron chi connectivity index (χ1n) is 5.65. The molecular formula is C13H16N4. The quantitative estimate of drug-likeness (QED) is 0.814. The van der Waals surface area contributed by atoms with Gasteiger partial charge in [0.15, 0.2) is 0 Å². The molecule has 17 heavy (non-hydrogen) atoms. The monoisotopic (exact) mass is 228 g/mol. The van der Waals surface area contributed by atoms with E-state index in [4.69, 9.17) is 5.73 Å². The van der Waals surface area contributed by atoms with Crippen molar-refractivity contribution in [2.24, 2.45) is 0 Å². The number of hydrogen-bond acceptors (Lipinski definition) is 4. The molecular weight excluding hydrogens is 212 g/mol. The number of hydrogen-bond donors (Lipinski definition) is 1. The third kappa shape index (κ3) is 2.72. The highest BCUT2D eigenvalue weighted by atomic mass is 15.2. The molecule has 0 bridgehead atoms. The normalized spacial score (nSPS) is 10.2. The van der Waals surface area contributed by atoms with Gasteiger partial charge in [0, 0.05) is 31.2 Å². The molecule has 0 atom stereocenters. The predicted molar refractivity (Wildman–Crippen MR) is 69.6 cm³/mol. The fourth-order valence-corrected chi connectivity index (χ4v) is 1.69. The lowest BCUT2D eigenvalue weighted by molar-refractivity contribution is 0.810. The minimum Gasteiger partial charge on any atom is -0.398 e. The van der Waals surface area contributed by atoms with E-state index in [1.54, 1.807) is 18.6 Å². The van der Waals surface area contributed by atoms with Gasteiger partial charge < -0.3 is 10.6 Å². The van der Waals surface area contributed by atoms with Crippen molar-refractivity contribution >= 4 is 11.5 Å². The summed E-state index contributed by atoms with van der Waals surface area (Å²) >= 11 is 0. The second-order valence-electron chi connectivity index (χ2n) is 3.78. The molecule has 1 aromatic heterocycles. The highest BCUT2D eigenvalue weighted by Crippen LogP contribution is 2.16. The number of nitrogens with zero attached hydrogens (tertiary/aromatic N) is 3. The SMILES string of the molecule is CCN(Cc1ccccc1N)c1cnccn1. The molecule has 0 spiro atoms. The standard InChI is InChI=1S/C13H16N4/c1-2-17(13-9-15-7-8-16-13)10-11-5-3-4-6-12(11)14/h3-9H,2,10,14H2,1H3. The maximum absolute atomic E-state index is 5.94. The zero-order chi connectivity index (χ0) is 12.1. The fourth-order valence-electron chi connectivity index (χ4n) is 1.69. The van der Waals surface area contributed by atoms with Crippen LogP contribution in [0.3, 0.4) is 0 Å². The number of benzene rings is 1. The Balaban J connectivity index is 2.19. The van der Waals surface area contributed by atoms with Crippen LogP contribution >= 0.6 is 0 Å². The molecule has 2 rings (SSSR count). The summed E-state index contributed by atoms with van der Waals surface area (Å²) in [4.78, 5) is 10.5. The van der Waals surface area contributed by atoms with Crippen molar-refractivity contribution in [1.29, 1.82) is 0 Å². The zero-order valence-electron chi connectivity index (χ0n) is 9.87. The molecule has 1 heterocycles. The van der Waals surface area contributed by atoms with Crippen LogP contribution in [0, 0.1) is 0 Å². The Morgan fingerprint density at radius 3 is 2.71 bits per heavy atom. The summed E-state index contributed by atoms with van der Waals surface area (Å²) in [5, 5.41) is 0. The molecule has 0 aliphatic rings. The van der Waals surface area contributed by atoms with Crippen LogP contribution in [-0.2, 0) is 6.54 Å². The highest BCUT2D eigenvalue weighted by molar-refractivity contribution is 5.49. The van der Waals surface area contributed by atoms with Gasteiger partial charge in [-0.1, -0.05) is 18.2 Å². The average Bonchev–Trinajstić information content (AvgIpc) is 2.39. The molecule has 0 amide bonds. The summed E-state index contributed by atoms with van der Waals surface area (Å²) in [6.45, 7) is 3.71. The number of rotatable bonds is 4. The van der Waals surface area contributed by atoms with Gasteiger partial charge in [-0.15, -0.1) is 0 Å². The van der Waals surface area contributed by atoms with Gasteiger partial charge in [-0.2, -0.15) is 0 Å². The van der Waals surface area contributed by atoms with Crippen molar-refractivity contribution < 1.29 is 0 Å². The molecule has 2 aromatic rings. The second-order valence-corrected chi connectivity index (χ2v) is 3.78. The van der Waals surface area contributed by atoms with Crippen LogP contribution in [0.4, 0.5) is 11.5 Å². The Hall–Kier alpha value is -2.10. The highest BCUT2D eigenvalue weighted by Gasteiger charge is 2.07. The van der Waals surface area contributed by atoms with Gasteiger partial charge in [-0.05, 0) is 18.6 Å². The molecule has 0 radical (unpaired) electrons. The summed E-state index contributed by atoms with van der Waals surface area (Å²) in [7, 11) is 0. The van der Waals surface area contributed by atoms with E-state index in [0.717, 1.165) is 30.2 Å². The number of nitrogen functional groups attached to an aromatic ring is 1. The maximum atomic E-state index is 5.94. The third-order valence-electron chi connectivity index (χ3n) is 2.67. The van der Waals surface area contributed by atoms with Crippen molar-refractivity contribution in [1.82, 2.24) is 9.97 Å². The second kappa shape index (κ2) is 5.30. The number of anilines is 2. The van der Waals surface area contributed by atoms with Crippen molar-refractivity contribution in [2.45, 2.75) is 13.5 Å². The van der Waals surface area contributed by atoms with E-state index in [-0.39, 0.29) is 0 Å². The molecule has 0 saturated heterocycles. The number of nitrogens with two attached hydrogens (primary N) is 1. The van der Waals surface area contributed by atoms with E-state index in [1.165, 1.54) is 0 Å². The molecule has 0 aliphatic heterocycles. The van der Waals surface area contributed by atoms with E-state index >= 15 is 0 Å². The Morgan fingerprint density at radius 2 is 2.06 bits per heavy atom. The van der Waals surface area contributed by atoms with Crippen molar-refractivity contribution in [2.75, 3.05) is 17.2 Å². The number of aromatic nitrogens is 2. The molecule has 2 N–H and O–H groups in total. The van der Waals surface area contributed by atoms with Gasteiger partial charge in [0.2, 0.25) is 0 Å². The molecule has 0 aliphatic carbocycles. The Morgan fingerprint density at radius 1 is 1.24 bits per heavy atom. The van der Waals surface area contributed by atoms with E-state index < -0.39 is 0 Å². The van der Waals surface area contributed by atoms with Crippen LogP contribution in [0.1, 0.15) is 12.5 Å². The van der Waals surface area contributed by atoms with Gasteiger partial charge in [-0.3, -0.25) is 4.98 Å². The van der Waals surface area contributed by atoms with Crippen LogP contribution in [0.5, 0.6) is 0 Å². The van der Waals surface area contributed by atoms with Gasteiger partial charge in [-0.25, -0.2) is 4.98 Å². The molecule has 88 valence electrons. The average molecular weight is 228 g/mol. The van der Waals surface area contributed by atoms with Crippen molar-refractivity contribution in [3.8, 4) is 0 Å². The summed E-state index contributed by atoms with van der Waals surface area (Å²) < 4.78 is 0. The smallest absolute Gasteiger partial charge is 0.147 e. The lowest BCUT2D eigenvalue weighted by Crippen LogP contribution is -2.23. The van der Waals surface area contributed by atoms with Gasteiger partial charge in [0.1, 0.15) is 5.82 Å². The maximum Gasteiger partial charge on any atom is 0.147 e. The zero-order valence-corrected chi connectivity index (χ0v) is 9.87. The molecule has 4 heteroatoms. The van der Waals surface area contributed by atoms with E-state index in [2.05, 4.69) is 21.8 Å². The summed E-state index contributed by atoms with van der Waals surface area (Å²) in [5.41, 5.74) is 7.86. The Bertz CT molecular complexity index is 470. The largest absolute Gasteiger partial charge is 0.398 e. The van der Waals surface area contributed by atoms with Crippen LogP contribution in [-0.4, -0.2) is 16.5 Å². The fraction of sp³-hybridized carbons (Fsp3) is 0.231. The topological polar surface area (TPSA) is 55.0 Å². The minimum atomic E-state index is 0.752.